The number of benzene rings is 1. The Balaban J connectivity index is 0.00000220. The molecule has 3 nitrogen and oxygen atoms in total. The van der Waals surface area contributed by atoms with Crippen LogP contribution in [0, 0.1) is 11.3 Å². The summed E-state index contributed by atoms with van der Waals surface area (Å²) >= 11 is 0. The summed E-state index contributed by atoms with van der Waals surface area (Å²) in [5.74, 6) is -0.0387. The number of rotatable bonds is 6. The number of nitrogens with one attached hydrogen (secondary N) is 1. The Hall–Kier alpha value is -1.06. The molecule has 1 fully saturated rings. The van der Waals surface area contributed by atoms with E-state index in [1.807, 2.05) is 19.9 Å². The van der Waals surface area contributed by atoms with Gasteiger partial charge >= 0.3 is 0 Å². The number of hydrogen-bond donors (Lipinski definition) is 2. The predicted octanol–water partition coefficient (Wildman–Crippen LogP) is 2.92. The first kappa shape index (κ1) is 18.0. The van der Waals surface area contributed by atoms with Crippen molar-refractivity contribution in [2.75, 3.05) is 6.54 Å². The number of hydrogen-bond acceptors (Lipinski definition) is 2. The largest absolute Gasteiger partial charge is 0.355 e. The highest BCUT2D eigenvalue weighted by Crippen LogP contribution is 2.43. The minimum atomic E-state index is -0.121. The van der Waals surface area contributed by atoms with E-state index < -0.39 is 0 Å². The van der Waals surface area contributed by atoms with Crippen LogP contribution in [0.4, 0.5) is 0 Å². The molecule has 1 aromatic carbocycles. The summed E-state index contributed by atoms with van der Waals surface area (Å²) in [7, 11) is 0. The lowest BCUT2D eigenvalue weighted by molar-refractivity contribution is -0.125. The van der Waals surface area contributed by atoms with Crippen LogP contribution < -0.4 is 11.1 Å². The molecule has 0 bridgehead atoms. The molecule has 3 N–H and O–H groups in total. The third-order valence-corrected chi connectivity index (χ3v) is 4.68. The SMILES string of the molecule is CC(N)C(C)C(=O)NCC1(Cc2ccccc2)CCC1.Cl. The molecule has 0 aromatic heterocycles. The zero-order valence-corrected chi connectivity index (χ0v) is 13.8. The zero-order valence-electron chi connectivity index (χ0n) is 13.0. The summed E-state index contributed by atoms with van der Waals surface area (Å²) in [4.78, 5) is 12.0. The molecule has 1 aromatic rings. The summed E-state index contributed by atoms with van der Waals surface area (Å²) < 4.78 is 0. The lowest BCUT2D eigenvalue weighted by Gasteiger charge is -2.42. The highest BCUT2D eigenvalue weighted by Gasteiger charge is 2.37. The smallest absolute Gasteiger partial charge is 0.224 e. The van der Waals surface area contributed by atoms with Gasteiger partial charge in [-0.15, -0.1) is 12.4 Å². The third-order valence-electron chi connectivity index (χ3n) is 4.68. The average Bonchev–Trinajstić information content (AvgIpc) is 2.41. The molecule has 2 rings (SSSR count). The van der Waals surface area contributed by atoms with Crippen molar-refractivity contribution in [2.45, 2.75) is 45.6 Å². The summed E-state index contributed by atoms with van der Waals surface area (Å²) in [6.07, 6.45) is 4.73. The second-order valence-corrected chi connectivity index (χ2v) is 6.38. The number of carbonyl (C=O) groups excluding carboxylic acids is 1. The Labute approximate surface area is 134 Å². The minimum absolute atomic E-state index is 0. The van der Waals surface area contributed by atoms with E-state index in [1.54, 1.807) is 0 Å². The van der Waals surface area contributed by atoms with E-state index in [0.717, 1.165) is 13.0 Å². The fraction of sp³-hybridized carbons (Fsp3) is 0.588. The van der Waals surface area contributed by atoms with Gasteiger partial charge in [0, 0.05) is 18.5 Å². The maximum Gasteiger partial charge on any atom is 0.224 e. The van der Waals surface area contributed by atoms with Crippen molar-refractivity contribution in [1.29, 1.82) is 0 Å². The van der Waals surface area contributed by atoms with Crippen LogP contribution in [0.5, 0.6) is 0 Å². The first-order chi connectivity index (χ1) is 9.52. The van der Waals surface area contributed by atoms with Crippen LogP contribution in [0.15, 0.2) is 30.3 Å². The average molecular weight is 311 g/mol. The quantitative estimate of drug-likeness (QED) is 0.849. The Kier molecular flexibility index (Phi) is 6.69. The van der Waals surface area contributed by atoms with Gasteiger partial charge in [-0.2, -0.15) is 0 Å². The standard InChI is InChI=1S/C17H26N2O.ClH/c1-13(14(2)18)16(20)19-12-17(9-6-10-17)11-15-7-4-3-5-8-15;/h3-5,7-8,13-14H,6,9-12,18H2,1-2H3,(H,19,20);1H. The van der Waals surface area contributed by atoms with E-state index >= 15 is 0 Å². The van der Waals surface area contributed by atoms with Crippen LogP contribution in [-0.2, 0) is 11.2 Å². The second-order valence-electron chi connectivity index (χ2n) is 6.38. The van der Waals surface area contributed by atoms with Gasteiger partial charge in [0.05, 0.1) is 0 Å². The van der Waals surface area contributed by atoms with Crippen molar-refractivity contribution in [3.8, 4) is 0 Å². The maximum absolute atomic E-state index is 12.0. The maximum atomic E-state index is 12.0. The molecular weight excluding hydrogens is 284 g/mol. The van der Waals surface area contributed by atoms with E-state index in [2.05, 4.69) is 29.6 Å². The Morgan fingerprint density at radius 3 is 2.38 bits per heavy atom. The van der Waals surface area contributed by atoms with Gasteiger partial charge in [-0.25, -0.2) is 0 Å². The summed E-state index contributed by atoms with van der Waals surface area (Å²) in [5.41, 5.74) is 7.41. The fourth-order valence-corrected chi connectivity index (χ4v) is 2.80. The van der Waals surface area contributed by atoms with Gasteiger partial charge in [0.25, 0.3) is 0 Å². The van der Waals surface area contributed by atoms with E-state index in [0.29, 0.717) is 0 Å². The van der Waals surface area contributed by atoms with E-state index in [-0.39, 0.29) is 35.7 Å². The molecule has 0 aliphatic heterocycles. The number of carbonyl (C=O) groups is 1. The van der Waals surface area contributed by atoms with Crippen LogP contribution in [0.3, 0.4) is 0 Å². The van der Waals surface area contributed by atoms with Crippen LogP contribution in [0.25, 0.3) is 0 Å². The molecule has 21 heavy (non-hydrogen) atoms. The molecule has 0 heterocycles. The topological polar surface area (TPSA) is 55.1 Å². The van der Waals surface area contributed by atoms with Gasteiger partial charge in [-0.3, -0.25) is 4.79 Å². The first-order valence-electron chi connectivity index (χ1n) is 7.60. The van der Waals surface area contributed by atoms with Crippen LogP contribution in [0.1, 0.15) is 38.7 Å². The van der Waals surface area contributed by atoms with Gasteiger partial charge in [-0.05, 0) is 37.2 Å². The molecule has 0 spiro atoms. The van der Waals surface area contributed by atoms with Crippen molar-refractivity contribution in [3.63, 3.8) is 0 Å². The van der Waals surface area contributed by atoms with Gasteiger partial charge in [0.2, 0.25) is 5.91 Å². The number of nitrogens with two attached hydrogens (primary N) is 1. The van der Waals surface area contributed by atoms with Crippen molar-refractivity contribution in [2.24, 2.45) is 17.1 Å². The van der Waals surface area contributed by atoms with E-state index in [9.17, 15) is 4.79 Å². The van der Waals surface area contributed by atoms with Crippen LogP contribution in [0.2, 0.25) is 0 Å². The number of halogens is 1. The molecule has 0 saturated heterocycles. The van der Waals surface area contributed by atoms with Crippen molar-refractivity contribution in [3.05, 3.63) is 35.9 Å². The van der Waals surface area contributed by atoms with Crippen LogP contribution >= 0.6 is 12.4 Å². The lowest BCUT2D eigenvalue weighted by Crippen LogP contribution is -2.47. The summed E-state index contributed by atoms with van der Waals surface area (Å²) in [5, 5.41) is 3.11. The van der Waals surface area contributed by atoms with E-state index in [4.69, 9.17) is 5.73 Å². The first-order valence-corrected chi connectivity index (χ1v) is 7.60. The minimum Gasteiger partial charge on any atom is -0.355 e. The van der Waals surface area contributed by atoms with Gasteiger partial charge < -0.3 is 11.1 Å². The van der Waals surface area contributed by atoms with Gasteiger partial charge in [0.15, 0.2) is 0 Å². The second kappa shape index (κ2) is 7.81. The van der Waals surface area contributed by atoms with Crippen molar-refractivity contribution >= 4 is 18.3 Å². The van der Waals surface area contributed by atoms with Gasteiger partial charge in [0.1, 0.15) is 0 Å². The molecule has 1 aliphatic rings. The van der Waals surface area contributed by atoms with Crippen molar-refractivity contribution < 1.29 is 4.79 Å². The molecule has 1 aliphatic carbocycles. The molecule has 1 amide bonds. The summed E-state index contributed by atoms with van der Waals surface area (Å²) in [6.45, 7) is 4.55. The molecule has 0 radical (unpaired) electrons. The Morgan fingerprint density at radius 1 is 1.29 bits per heavy atom. The van der Waals surface area contributed by atoms with Crippen LogP contribution in [-0.4, -0.2) is 18.5 Å². The molecule has 4 heteroatoms. The lowest BCUT2D eigenvalue weighted by atomic mass is 9.65. The van der Waals surface area contributed by atoms with E-state index in [1.165, 1.54) is 24.8 Å². The molecule has 2 atom stereocenters. The molecule has 1 saturated carbocycles. The highest BCUT2D eigenvalue weighted by molar-refractivity contribution is 5.85. The van der Waals surface area contributed by atoms with Gasteiger partial charge in [-0.1, -0.05) is 43.7 Å². The Morgan fingerprint density at radius 2 is 1.90 bits per heavy atom. The Bertz CT molecular complexity index is 443. The third kappa shape index (κ3) is 4.72. The van der Waals surface area contributed by atoms with Crippen molar-refractivity contribution in [1.82, 2.24) is 5.32 Å². The molecule has 118 valence electrons. The highest BCUT2D eigenvalue weighted by atomic mass is 35.5. The predicted molar refractivity (Wildman–Crippen MR) is 89.5 cm³/mol. The number of amides is 1. The monoisotopic (exact) mass is 310 g/mol. The molecule has 2 unspecified atom stereocenters. The zero-order chi connectivity index (χ0) is 14.6. The normalized spacial score (nSPS) is 18.8. The molecular formula is C17H27ClN2O. The fourth-order valence-electron chi connectivity index (χ4n) is 2.80. The summed E-state index contributed by atoms with van der Waals surface area (Å²) in [6, 6.07) is 10.5.